The predicted octanol–water partition coefficient (Wildman–Crippen LogP) is 4.24. The smallest absolute Gasteiger partial charge is 0.306 e. The minimum absolute atomic E-state index is 0.00648. The van der Waals surface area contributed by atoms with Crippen molar-refractivity contribution in [2.24, 2.45) is 0 Å². The first-order chi connectivity index (χ1) is 15.7. The maximum atomic E-state index is 12.1. The van der Waals surface area contributed by atoms with Crippen LogP contribution >= 0.6 is 0 Å². The molecule has 162 valence electrons. The van der Waals surface area contributed by atoms with E-state index in [1.165, 1.54) is 6.26 Å². The van der Waals surface area contributed by atoms with Crippen molar-refractivity contribution in [3.63, 3.8) is 0 Å². The van der Waals surface area contributed by atoms with Gasteiger partial charge in [-0.25, -0.2) is 0 Å². The number of carbonyl (C=O) groups is 2. The number of hydrogen-bond donors (Lipinski definition) is 1. The molecule has 9 heteroatoms. The third kappa shape index (κ3) is 5.82. The molecule has 0 aliphatic heterocycles. The summed E-state index contributed by atoms with van der Waals surface area (Å²) in [6.07, 6.45) is 1.68. The number of esters is 1. The van der Waals surface area contributed by atoms with Crippen LogP contribution < -0.4 is 10.1 Å². The van der Waals surface area contributed by atoms with Crippen LogP contribution in [0.3, 0.4) is 0 Å². The number of aryl methyl sites for hydroxylation is 1. The van der Waals surface area contributed by atoms with Gasteiger partial charge in [-0.1, -0.05) is 29.4 Å². The molecule has 2 heterocycles. The molecule has 2 aromatic carbocycles. The molecule has 0 saturated carbocycles. The zero-order valence-corrected chi connectivity index (χ0v) is 16.9. The van der Waals surface area contributed by atoms with Crippen molar-refractivity contribution < 1.29 is 28.0 Å². The molecule has 0 atom stereocenters. The summed E-state index contributed by atoms with van der Waals surface area (Å²) in [4.78, 5) is 28.2. The molecule has 2 aromatic heterocycles. The number of nitrogens with zero attached hydrogens (tertiary/aromatic N) is 2. The molecule has 9 nitrogen and oxygen atoms in total. The fourth-order valence-corrected chi connectivity index (χ4v) is 2.75. The molecule has 32 heavy (non-hydrogen) atoms. The number of aromatic nitrogens is 2. The zero-order chi connectivity index (χ0) is 22.2. The van der Waals surface area contributed by atoms with Crippen LogP contribution in [0.4, 0.5) is 5.69 Å². The summed E-state index contributed by atoms with van der Waals surface area (Å²) in [6.45, 7) is -0.413. The monoisotopic (exact) mass is 433 g/mol. The summed E-state index contributed by atoms with van der Waals surface area (Å²) in [6, 6.07) is 19.6. The number of anilines is 1. The van der Waals surface area contributed by atoms with E-state index >= 15 is 0 Å². The standard InChI is InChI=1S/C23H19N3O6/c27-20(24-16-6-4-9-18(14-16)31-17-7-2-1-3-8-17)15-30-22(28)12-11-21-25-23(26-32-21)19-10-5-13-29-19/h1-10,13-14H,11-12,15H2,(H,24,27). The van der Waals surface area contributed by atoms with E-state index in [0.717, 1.165) is 0 Å². The van der Waals surface area contributed by atoms with Crippen LogP contribution in [0.5, 0.6) is 11.5 Å². The van der Waals surface area contributed by atoms with E-state index in [2.05, 4.69) is 15.5 Å². The fourth-order valence-electron chi connectivity index (χ4n) is 2.75. The van der Waals surface area contributed by atoms with Gasteiger partial charge >= 0.3 is 5.97 Å². The number of ether oxygens (including phenoxy) is 2. The van der Waals surface area contributed by atoms with Crippen molar-refractivity contribution in [2.45, 2.75) is 12.8 Å². The number of amides is 1. The number of para-hydroxylation sites is 1. The van der Waals surface area contributed by atoms with Gasteiger partial charge in [0.05, 0.1) is 12.7 Å². The van der Waals surface area contributed by atoms with Gasteiger partial charge in [0.25, 0.3) is 5.91 Å². The summed E-state index contributed by atoms with van der Waals surface area (Å²) in [5.74, 6) is 1.27. The van der Waals surface area contributed by atoms with Gasteiger partial charge in [0, 0.05) is 18.2 Å². The normalized spacial score (nSPS) is 10.5. The van der Waals surface area contributed by atoms with E-state index in [9.17, 15) is 9.59 Å². The van der Waals surface area contributed by atoms with Crippen LogP contribution in [-0.2, 0) is 20.7 Å². The molecule has 0 aliphatic rings. The molecule has 0 saturated heterocycles. The maximum Gasteiger partial charge on any atom is 0.306 e. The lowest BCUT2D eigenvalue weighted by molar-refractivity contribution is -0.147. The highest BCUT2D eigenvalue weighted by atomic mass is 16.5. The zero-order valence-electron chi connectivity index (χ0n) is 16.9. The Morgan fingerprint density at radius 3 is 2.62 bits per heavy atom. The second-order valence-corrected chi connectivity index (χ2v) is 6.64. The van der Waals surface area contributed by atoms with Crippen molar-refractivity contribution in [3.05, 3.63) is 78.9 Å². The number of benzene rings is 2. The number of hydrogen-bond acceptors (Lipinski definition) is 8. The van der Waals surface area contributed by atoms with E-state index in [4.69, 9.17) is 18.4 Å². The Morgan fingerprint density at radius 1 is 0.969 bits per heavy atom. The van der Waals surface area contributed by atoms with Crippen molar-refractivity contribution in [3.8, 4) is 23.1 Å². The lowest BCUT2D eigenvalue weighted by atomic mass is 10.3. The molecule has 1 N–H and O–H groups in total. The molecule has 0 aliphatic carbocycles. The van der Waals surface area contributed by atoms with Gasteiger partial charge in [0.15, 0.2) is 12.4 Å². The Balaban J connectivity index is 1.21. The third-order valence-electron chi connectivity index (χ3n) is 4.21. The molecule has 0 spiro atoms. The highest BCUT2D eigenvalue weighted by Gasteiger charge is 2.14. The summed E-state index contributed by atoms with van der Waals surface area (Å²) >= 11 is 0. The van der Waals surface area contributed by atoms with E-state index in [-0.39, 0.29) is 18.7 Å². The average Bonchev–Trinajstić information content (AvgIpc) is 3.49. The molecule has 0 fully saturated rings. The van der Waals surface area contributed by atoms with Crippen LogP contribution in [0.25, 0.3) is 11.6 Å². The minimum atomic E-state index is -0.556. The van der Waals surface area contributed by atoms with E-state index in [1.54, 1.807) is 36.4 Å². The Morgan fingerprint density at radius 2 is 1.81 bits per heavy atom. The molecule has 0 radical (unpaired) electrons. The predicted molar refractivity (Wildman–Crippen MR) is 113 cm³/mol. The van der Waals surface area contributed by atoms with Gasteiger partial charge in [0.1, 0.15) is 11.5 Å². The highest BCUT2D eigenvalue weighted by molar-refractivity contribution is 5.92. The first kappa shape index (κ1) is 20.9. The van der Waals surface area contributed by atoms with Crippen LogP contribution in [0.2, 0.25) is 0 Å². The summed E-state index contributed by atoms with van der Waals surface area (Å²) in [5.41, 5.74) is 0.524. The van der Waals surface area contributed by atoms with Gasteiger partial charge in [-0.2, -0.15) is 4.98 Å². The quantitative estimate of drug-likeness (QED) is 0.390. The molecule has 4 aromatic rings. The van der Waals surface area contributed by atoms with Crippen molar-refractivity contribution in [2.75, 3.05) is 11.9 Å². The average molecular weight is 433 g/mol. The Bertz CT molecular complexity index is 1170. The Hall–Kier alpha value is -4.40. The molecule has 0 bridgehead atoms. The summed E-state index contributed by atoms with van der Waals surface area (Å²) in [5, 5.41) is 6.45. The van der Waals surface area contributed by atoms with Gasteiger partial charge in [-0.05, 0) is 36.4 Å². The lowest BCUT2D eigenvalue weighted by Crippen LogP contribution is -2.21. The molecule has 1 amide bonds. The first-order valence-corrected chi connectivity index (χ1v) is 9.80. The van der Waals surface area contributed by atoms with Gasteiger partial charge in [-0.15, -0.1) is 0 Å². The molecule has 4 rings (SSSR count). The van der Waals surface area contributed by atoms with Crippen molar-refractivity contribution in [1.29, 1.82) is 0 Å². The maximum absolute atomic E-state index is 12.1. The van der Waals surface area contributed by atoms with E-state index in [1.807, 2.05) is 30.3 Å². The number of nitrogens with one attached hydrogen (secondary N) is 1. The number of rotatable bonds is 9. The molecular weight excluding hydrogens is 414 g/mol. The number of furan rings is 1. The minimum Gasteiger partial charge on any atom is -0.461 e. The van der Waals surface area contributed by atoms with E-state index < -0.39 is 18.5 Å². The summed E-state index contributed by atoms with van der Waals surface area (Å²) < 4.78 is 21.0. The van der Waals surface area contributed by atoms with Gasteiger partial charge < -0.3 is 23.7 Å². The van der Waals surface area contributed by atoms with E-state index in [0.29, 0.717) is 28.8 Å². The first-order valence-electron chi connectivity index (χ1n) is 9.80. The molecular formula is C23H19N3O6. The molecule has 0 unspecified atom stereocenters. The van der Waals surface area contributed by atoms with Crippen LogP contribution in [0, 0.1) is 0 Å². The van der Waals surface area contributed by atoms with Crippen molar-refractivity contribution >= 4 is 17.6 Å². The number of carbonyl (C=O) groups excluding carboxylic acids is 2. The lowest BCUT2D eigenvalue weighted by Gasteiger charge is -2.09. The van der Waals surface area contributed by atoms with Crippen LogP contribution in [0.15, 0.2) is 81.9 Å². The van der Waals surface area contributed by atoms with Gasteiger partial charge in [0.2, 0.25) is 11.7 Å². The van der Waals surface area contributed by atoms with Gasteiger partial charge in [-0.3, -0.25) is 9.59 Å². The Kier molecular flexibility index (Phi) is 6.57. The van der Waals surface area contributed by atoms with Crippen LogP contribution in [-0.4, -0.2) is 28.6 Å². The SMILES string of the molecule is O=C(COC(=O)CCc1nc(-c2ccco2)no1)Nc1cccc(Oc2ccccc2)c1. The van der Waals surface area contributed by atoms with Crippen LogP contribution in [0.1, 0.15) is 12.3 Å². The summed E-state index contributed by atoms with van der Waals surface area (Å²) in [7, 11) is 0. The Labute approximate surface area is 183 Å². The van der Waals surface area contributed by atoms with Crippen molar-refractivity contribution in [1.82, 2.24) is 10.1 Å². The largest absolute Gasteiger partial charge is 0.461 e. The third-order valence-corrected chi connectivity index (χ3v) is 4.21. The highest BCUT2D eigenvalue weighted by Crippen LogP contribution is 2.23. The second kappa shape index (κ2) is 10.1. The topological polar surface area (TPSA) is 117 Å². The fraction of sp³-hybridized carbons (Fsp3) is 0.130. The second-order valence-electron chi connectivity index (χ2n) is 6.64.